The maximum Gasteiger partial charge on any atom is 0.198 e. The molecule has 1 aliphatic carbocycles. The van der Waals surface area contributed by atoms with Gasteiger partial charge in [-0.2, -0.15) is 0 Å². The third-order valence-electron chi connectivity index (χ3n) is 2.82. The third kappa shape index (κ3) is 2.24. The predicted molar refractivity (Wildman–Crippen MR) is 60.8 cm³/mol. The summed E-state index contributed by atoms with van der Waals surface area (Å²) in [7, 11) is 1.49. The molecule has 1 fully saturated rings. The number of halogens is 2. The number of rotatable bonds is 3. The van der Waals surface area contributed by atoms with E-state index in [0.29, 0.717) is 5.75 Å². The second kappa shape index (κ2) is 4.91. The summed E-state index contributed by atoms with van der Waals surface area (Å²) in [6.45, 7) is 0. The zero-order valence-corrected chi connectivity index (χ0v) is 9.89. The van der Waals surface area contributed by atoms with Crippen molar-refractivity contribution in [2.24, 2.45) is 0 Å². The topological polar surface area (TPSA) is 18.5 Å². The van der Waals surface area contributed by atoms with Crippen molar-refractivity contribution in [3.8, 4) is 11.5 Å². The summed E-state index contributed by atoms with van der Waals surface area (Å²) in [6, 6.07) is 3.09. The molecule has 4 heteroatoms. The summed E-state index contributed by atoms with van der Waals surface area (Å²) in [6.07, 6.45) is 4.29. The summed E-state index contributed by atoms with van der Waals surface area (Å²) in [5.74, 6) is 0.00335. The molecule has 0 atom stereocenters. The number of hydrogen-bond donors (Lipinski definition) is 0. The Bertz CT molecular complexity index is 376. The fourth-order valence-electron chi connectivity index (χ4n) is 1.96. The standard InChI is InChI=1S/C12H14ClFO2/c1-15-10-7-6-9(13)11(14)12(10)16-8-4-2-3-5-8/h6-8H,2-5H2,1H3. The molecule has 0 amide bonds. The Labute approximate surface area is 99.3 Å². The number of benzene rings is 1. The highest BCUT2D eigenvalue weighted by Crippen LogP contribution is 2.37. The van der Waals surface area contributed by atoms with Crippen LogP contribution in [0.5, 0.6) is 11.5 Å². The number of methoxy groups -OCH3 is 1. The molecule has 1 aromatic carbocycles. The van der Waals surface area contributed by atoms with Gasteiger partial charge in [0.2, 0.25) is 0 Å². The van der Waals surface area contributed by atoms with E-state index in [2.05, 4.69) is 0 Å². The van der Waals surface area contributed by atoms with Gasteiger partial charge < -0.3 is 9.47 Å². The quantitative estimate of drug-likeness (QED) is 0.805. The predicted octanol–water partition coefficient (Wildman–Crippen LogP) is 3.81. The average molecular weight is 245 g/mol. The van der Waals surface area contributed by atoms with E-state index in [1.807, 2.05) is 0 Å². The molecule has 0 spiro atoms. The van der Waals surface area contributed by atoms with E-state index in [0.717, 1.165) is 25.7 Å². The van der Waals surface area contributed by atoms with Gasteiger partial charge in [-0.1, -0.05) is 11.6 Å². The Balaban J connectivity index is 2.25. The first-order chi connectivity index (χ1) is 7.72. The average Bonchev–Trinajstić information content (AvgIpc) is 2.78. The summed E-state index contributed by atoms with van der Waals surface area (Å²) in [5.41, 5.74) is 0. The zero-order chi connectivity index (χ0) is 11.5. The molecule has 0 bridgehead atoms. The Morgan fingerprint density at radius 2 is 2.00 bits per heavy atom. The van der Waals surface area contributed by atoms with Crippen LogP contribution < -0.4 is 9.47 Å². The normalized spacial score (nSPS) is 16.4. The van der Waals surface area contributed by atoms with Gasteiger partial charge in [-0.3, -0.25) is 0 Å². The second-order valence-corrected chi connectivity index (χ2v) is 4.32. The smallest absolute Gasteiger partial charge is 0.198 e. The van der Waals surface area contributed by atoms with Gasteiger partial charge in [0.1, 0.15) is 0 Å². The molecule has 1 aromatic rings. The first-order valence-corrected chi connectivity index (χ1v) is 5.79. The van der Waals surface area contributed by atoms with E-state index in [-0.39, 0.29) is 16.9 Å². The van der Waals surface area contributed by atoms with Crippen LogP contribution in [0.15, 0.2) is 12.1 Å². The van der Waals surface area contributed by atoms with Crippen molar-refractivity contribution >= 4 is 11.6 Å². The summed E-state index contributed by atoms with van der Waals surface area (Å²) >= 11 is 5.72. The van der Waals surface area contributed by atoms with E-state index >= 15 is 0 Å². The zero-order valence-electron chi connectivity index (χ0n) is 9.13. The molecule has 0 unspecified atom stereocenters. The molecule has 0 N–H and O–H groups in total. The van der Waals surface area contributed by atoms with Crippen molar-refractivity contribution in [2.75, 3.05) is 7.11 Å². The lowest BCUT2D eigenvalue weighted by atomic mass is 10.2. The molecule has 0 saturated heterocycles. The first-order valence-electron chi connectivity index (χ1n) is 5.41. The first kappa shape index (κ1) is 11.5. The fourth-order valence-corrected chi connectivity index (χ4v) is 2.11. The molecule has 1 aliphatic rings. The molecule has 0 heterocycles. The lowest BCUT2D eigenvalue weighted by Gasteiger charge is -2.16. The molecule has 0 aliphatic heterocycles. The van der Waals surface area contributed by atoms with Crippen molar-refractivity contribution in [3.63, 3.8) is 0 Å². The van der Waals surface area contributed by atoms with E-state index in [9.17, 15) is 4.39 Å². The Hall–Kier alpha value is -0.960. The third-order valence-corrected chi connectivity index (χ3v) is 3.11. The molecular weight excluding hydrogens is 231 g/mol. The van der Waals surface area contributed by atoms with Crippen LogP contribution in [0, 0.1) is 5.82 Å². The number of hydrogen-bond acceptors (Lipinski definition) is 2. The molecule has 1 saturated carbocycles. The van der Waals surface area contributed by atoms with Gasteiger partial charge in [0.05, 0.1) is 18.2 Å². The summed E-state index contributed by atoms with van der Waals surface area (Å²) < 4.78 is 24.5. The van der Waals surface area contributed by atoms with Gasteiger partial charge in [-0.15, -0.1) is 0 Å². The van der Waals surface area contributed by atoms with E-state index in [1.54, 1.807) is 6.07 Å². The minimum Gasteiger partial charge on any atom is -0.493 e. The largest absolute Gasteiger partial charge is 0.493 e. The fraction of sp³-hybridized carbons (Fsp3) is 0.500. The van der Waals surface area contributed by atoms with Crippen molar-refractivity contribution in [1.29, 1.82) is 0 Å². The SMILES string of the molecule is COc1ccc(Cl)c(F)c1OC1CCCC1. The van der Waals surface area contributed by atoms with Crippen LogP contribution in [-0.4, -0.2) is 13.2 Å². The van der Waals surface area contributed by atoms with Crippen molar-refractivity contribution in [2.45, 2.75) is 31.8 Å². The van der Waals surface area contributed by atoms with Crippen LogP contribution in [0.25, 0.3) is 0 Å². The van der Waals surface area contributed by atoms with Crippen molar-refractivity contribution < 1.29 is 13.9 Å². The van der Waals surface area contributed by atoms with Gasteiger partial charge in [0.15, 0.2) is 17.3 Å². The van der Waals surface area contributed by atoms with E-state index in [4.69, 9.17) is 21.1 Å². The van der Waals surface area contributed by atoms with Crippen molar-refractivity contribution in [3.05, 3.63) is 23.0 Å². The lowest BCUT2D eigenvalue weighted by Crippen LogP contribution is -2.12. The summed E-state index contributed by atoms with van der Waals surface area (Å²) in [4.78, 5) is 0. The van der Waals surface area contributed by atoms with E-state index in [1.165, 1.54) is 13.2 Å². The Morgan fingerprint density at radius 3 is 2.62 bits per heavy atom. The monoisotopic (exact) mass is 244 g/mol. The number of ether oxygens (including phenoxy) is 2. The van der Waals surface area contributed by atoms with Gasteiger partial charge in [0.25, 0.3) is 0 Å². The van der Waals surface area contributed by atoms with Crippen molar-refractivity contribution in [1.82, 2.24) is 0 Å². The maximum atomic E-state index is 13.8. The van der Waals surface area contributed by atoms with Gasteiger partial charge in [-0.25, -0.2) is 4.39 Å². The minimum atomic E-state index is -0.534. The van der Waals surface area contributed by atoms with Gasteiger partial charge >= 0.3 is 0 Å². The van der Waals surface area contributed by atoms with E-state index < -0.39 is 5.82 Å². The Morgan fingerprint density at radius 1 is 1.31 bits per heavy atom. The maximum absolute atomic E-state index is 13.8. The summed E-state index contributed by atoms with van der Waals surface area (Å²) in [5, 5.41) is 0.0637. The van der Waals surface area contributed by atoms with Crippen LogP contribution in [-0.2, 0) is 0 Å². The van der Waals surface area contributed by atoms with Gasteiger partial charge in [-0.05, 0) is 37.8 Å². The highest BCUT2D eigenvalue weighted by Gasteiger charge is 2.22. The van der Waals surface area contributed by atoms with Gasteiger partial charge in [0, 0.05) is 0 Å². The van der Waals surface area contributed by atoms with Crippen LogP contribution in [0.1, 0.15) is 25.7 Å². The highest BCUT2D eigenvalue weighted by atomic mass is 35.5. The highest BCUT2D eigenvalue weighted by molar-refractivity contribution is 6.30. The molecule has 2 rings (SSSR count). The molecule has 2 nitrogen and oxygen atoms in total. The van der Waals surface area contributed by atoms with Crippen LogP contribution in [0.4, 0.5) is 4.39 Å². The molecular formula is C12H14ClFO2. The van der Waals surface area contributed by atoms with Crippen LogP contribution in [0.2, 0.25) is 5.02 Å². The molecule has 0 aromatic heterocycles. The minimum absolute atomic E-state index is 0.0637. The van der Waals surface area contributed by atoms with Crippen LogP contribution in [0.3, 0.4) is 0 Å². The van der Waals surface area contributed by atoms with Crippen LogP contribution >= 0.6 is 11.6 Å². The lowest BCUT2D eigenvalue weighted by molar-refractivity contribution is 0.191. The molecule has 16 heavy (non-hydrogen) atoms. The molecule has 88 valence electrons. The Kier molecular flexibility index (Phi) is 3.54. The second-order valence-electron chi connectivity index (χ2n) is 3.92. The molecule has 0 radical (unpaired) electrons.